The Labute approximate surface area is 430 Å². The molecule has 6 aromatic heterocycles. The van der Waals surface area contributed by atoms with E-state index in [1.54, 1.807) is 41.8 Å². The number of halogens is 6. The van der Waals surface area contributed by atoms with Gasteiger partial charge in [0.25, 0.3) is 17.7 Å². The molecule has 0 aromatic carbocycles. The Balaban J connectivity index is 0.000000146. The molecule has 3 saturated heterocycles. The molecule has 6 aromatic rings. The number of hydrogen-bond acceptors (Lipinski definition) is 15. The first-order valence-electron chi connectivity index (χ1n) is 23.3. The van der Waals surface area contributed by atoms with E-state index in [1.165, 1.54) is 6.20 Å². The molecule has 9 N–H and O–H groups in total. The smallest absolute Gasteiger partial charge is 0.369 e. The Morgan fingerprint density at radius 1 is 0.603 bits per heavy atom. The van der Waals surface area contributed by atoms with Crippen LogP contribution in [0.5, 0.6) is 0 Å². The summed E-state index contributed by atoms with van der Waals surface area (Å²) in [6.45, 7) is 8.55. The van der Waals surface area contributed by atoms with E-state index in [0.717, 1.165) is 81.2 Å². The fraction of sp³-hybridized carbons (Fsp3) is 0.413. The fourth-order valence-electron chi connectivity index (χ4n) is 7.58. The van der Waals surface area contributed by atoms with Gasteiger partial charge in [-0.2, -0.15) is 28.5 Å². The van der Waals surface area contributed by atoms with Crippen molar-refractivity contribution < 1.29 is 41.8 Å². The van der Waals surface area contributed by atoms with Crippen LogP contribution in [-0.4, -0.2) is 122 Å². The molecule has 10 rings (SSSR count). The lowest BCUT2D eigenvalue weighted by Crippen LogP contribution is -2.33. The Hall–Kier alpha value is -6.09. The predicted octanol–water partition coefficient (Wildman–Crippen LogP) is 6.96. The monoisotopic (exact) mass is 1070 g/mol. The van der Waals surface area contributed by atoms with Crippen molar-refractivity contribution in [1.82, 2.24) is 61.5 Å². The van der Waals surface area contributed by atoms with Crippen molar-refractivity contribution in [3.63, 3.8) is 0 Å². The van der Waals surface area contributed by atoms with Crippen LogP contribution in [-0.2, 0) is 26.8 Å². The SMILES string of the molecule is CCCc1[nH]nc(C(=O)Nc2ccc([C@@H]3CNCCO3)nc2)c1Cl.O=C(Nc1ccc([C@@H]2CNCCO2)nc1)c1n[nH]c(C(F)(F)F)c1Cl.O=C(Nc1ccc([C@@H]2CNCCO2)nc1)c1n[nH]c(C2CC2)c1Cl. The minimum absolute atomic E-state index is 0.0506. The molecule has 0 unspecified atom stereocenters. The van der Waals surface area contributed by atoms with Gasteiger partial charge in [-0.05, 0) is 55.7 Å². The quantitative estimate of drug-likeness (QED) is 0.0599. The lowest BCUT2D eigenvalue weighted by atomic mass is 10.2. The Morgan fingerprint density at radius 3 is 1.37 bits per heavy atom. The van der Waals surface area contributed by atoms with E-state index in [1.807, 2.05) is 19.1 Å². The first-order valence-corrected chi connectivity index (χ1v) is 24.5. The molecule has 3 amide bonds. The van der Waals surface area contributed by atoms with Crippen LogP contribution in [0.4, 0.5) is 30.2 Å². The summed E-state index contributed by atoms with van der Waals surface area (Å²) in [5.74, 6) is -1.16. The van der Waals surface area contributed by atoms with E-state index in [0.29, 0.717) is 65.1 Å². The summed E-state index contributed by atoms with van der Waals surface area (Å²) >= 11 is 18.0. The number of hydrogen-bond donors (Lipinski definition) is 9. The third kappa shape index (κ3) is 14.0. The van der Waals surface area contributed by atoms with Gasteiger partial charge in [0.2, 0.25) is 0 Å². The van der Waals surface area contributed by atoms with Crippen molar-refractivity contribution in [3.05, 3.63) is 121 Å². The van der Waals surface area contributed by atoms with Crippen LogP contribution >= 0.6 is 34.8 Å². The van der Waals surface area contributed by atoms with Crippen molar-refractivity contribution in [2.45, 2.75) is 63.0 Å². The number of ether oxygens (including phenoxy) is 3. The van der Waals surface area contributed by atoms with Gasteiger partial charge in [-0.15, -0.1) is 0 Å². The Kier molecular flexibility index (Phi) is 18.0. The van der Waals surface area contributed by atoms with Crippen molar-refractivity contribution >= 4 is 69.6 Å². The van der Waals surface area contributed by atoms with E-state index in [-0.39, 0.29) is 41.5 Å². The molecule has 0 radical (unpaired) electrons. The maximum Gasteiger partial charge on any atom is 0.434 e. The second kappa shape index (κ2) is 24.8. The van der Waals surface area contributed by atoms with Crippen molar-refractivity contribution in [2.24, 2.45) is 0 Å². The van der Waals surface area contributed by atoms with Crippen molar-refractivity contribution in [3.8, 4) is 0 Å². The topological polar surface area (TPSA) is 276 Å². The molecule has 1 aliphatic carbocycles. The number of morpholine rings is 3. The van der Waals surface area contributed by atoms with E-state index >= 15 is 0 Å². The minimum Gasteiger partial charge on any atom is -0.369 e. The van der Waals surface area contributed by atoms with Crippen LogP contribution in [0.3, 0.4) is 0 Å². The number of rotatable bonds is 12. The number of H-pyrrole nitrogens is 3. The molecule has 4 fully saturated rings. The van der Waals surface area contributed by atoms with Crippen LogP contribution in [0.1, 0.15) is 116 Å². The molecule has 9 heterocycles. The number of carbonyl (C=O) groups is 3. The normalized spacial score (nSPS) is 18.9. The number of alkyl halides is 3. The van der Waals surface area contributed by atoms with Gasteiger partial charge in [-0.1, -0.05) is 48.1 Å². The standard InChI is InChI=1S/C16H18ClN5O2.C16H20ClN5O2.C14H13ClF3N5O2/c17-13-14(9-1-2-9)21-22-15(13)16(23)20-10-3-4-11(19-7-10)12-8-18-5-6-24-12;1-2-3-12-14(17)15(22-21-12)16(23)20-10-4-5-11(19-8-10)13-9-18-6-7-24-13;15-10-11(22-23-12(10)14(16,17)18)13(24)21-7-1-2-8(20-5-7)9-6-19-3-4-25-9/h3-4,7,9,12,18H,1-2,5-6,8H2,(H,20,23)(H,21,22);4-5,8,13,18H,2-3,6-7,9H2,1H3,(H,20,23)(H,21,22);1-2,5,9,19H,3-4,6H2,(H,21,24)(H,22,23)/t12-;13-;9-/m000/s1. The number of aryl methyl sites for hydroxylation is 1. The van der Waals surface area contributed by atoms with E-state index in [4.69, 9.17) is 49.0 Å². The molecule has 27 heteroatoms. The molecule has 3 atom stereocenters. The highest BCUT2D eigenvalue weighted by Crippen LogP contribution is 2.43. The highest BCUT2D eigenvalue weighted by molar-refractivity contribution is 6.35. The second-order valence-corrected chi connectivity index (χ2v) is 18.1. The Morgan fingerprint density at radius 2 is 1.01 bits per heavy atom. The first-order chi connectivity index (χ1) is 35.3. The zero-order chi connectivity index (χ0) is 51.5. The van der Waals surface area contributed by atoms with E-state index < -0.39 is 28.5 Å². The third-order valence-electron chi connectivity index (χ3n) is 11.5. The molecule has 1 saturated carbocycles. The predicted molar refractivity (Wildman–Crippen MR) is 263 cm³/mol. The molecule has 3 aliphatic heterocycles. The van der Waals surface area contributed by atoms with Crippen LogP contribution < -0.4 is 31.9 Å². The summed E-state index contributed by atoms with van der Waals surface area (Å²) in [5.41, 5.74) is 4.09. The summed E-state index contributed by atoms with van der Waals surface area (Å²) in [7, 11) is 0. The number of aromatic amines is 3. The molecular formula is C46H51Cl3F3N15O6. The molecule has 0 bridgehead atoms. The van der Waals surface area contributed by atoms with Crippen molar-refractivity contribution in [2.75, 3.05) is 75.0 Å². The first kappa shape index (κ1) is 53.2. The highest BCUT2D eigenvalue weighted by atomic mass is 35.5. The van der Waals surface area contributed by atoms with Crippen LogP contribution in [0.25, 0.3) is 0 Å². The van der Waals surface area contributed by atoms with Crippen molar-refractivity contribution in [1.29, 1.82) is 0 Å². The van der Waals surface area contributed by atoms with Crippen LogP contribution in [0.15, 0.2) is 55.0 Å². The number of aromatic nitrogens is 9. The number of nitrogens with one attached hydrogen (secondary N) is 9. The summed E-state index contributed by atoms with van der Waals surface area (Å²) in [6.07, 6.45) is 3.46. The van der Waals surface area contributed by atoms with Gasteiger partial charge in [0, 0.05) is 45.2 Å². The number of amides is 3. The largest absolute Gasteiger partial charge is 0.434 e. The maximum atomic E-state index is 12.7. The average molecular weight is 1070 g/mol. The lowest BCUT2D eigenvalue weighted by Gasteiger charge is -2.23. The van der Waals surface area contributed by atoms with Crippen LogP contribution in [0, 0.1) is 0 Å². The number of carbonyl (C=O) groups excluding carboxylic acids is 3. The number of nitrogens with zero attached hydrogens (tertiary/aromatic N) is 6. The maximum absolute atomic E-state index is 12.7. The zero-order valence-electron chi connectivity index (χ0n) is 39.1. The highest BCUT2D eigenvalue weighted by Gasteiger charge is 2.38. The third-order valence-corrected chi connectivity index (χ3v) is 12.7. The van der Waals surface area contributed by atoms with Gasteiger partial charge in [-0.25, -0.2) is 0 Å². The molecular weight excluding hydrogens is 1020 g/mol. The van der Waals surface area contributed by atoms with Gasteiger partial charge in [0.15, 0.2) is 22.8 Å². The summed E-state index contributed by atoms with van der Waals surface area (Å²) in [4.78, 5) is 49.6. The molecule has 4 aliphatic rings. The average Bonchev–Trinajstić information content (AvgIpc) is 3.89. The molecule has 388 valence electrons. The lowest BCUT2D eigenvalue weighted by molar-refractivity contribution is -0.141. The van der Waals surface area contributed by atoms with Gasteiger partial charge >= 0.3 is 6.18 Å². The van der Waals surface area contributed by atoms with Gasteiger partial charge < -0.3 is 46.1 Å². The van der Waals surface area contributed by atoms with Gasteiger partial charge in [0.1, 0.15) is 23.3 Å². The summed E-state index contributed by atoms with van der Waals surface area (Å²) in [5, 5.41) is 36.4. The number of anilines is 3. The zero-order valence-corrected chi connectivity index (χ0v) is 41.4. The van der Waals surface area contributed by atoms with Gasteiger partial charge in [0.05, 0.1) is 94.0 Å². The summed E-state index contributed by atoms with van der Waals surface area (Å²) < 4.78 is 54.8. The fourth-order valence-corrected chi connectivity index (χ4v) is 8.45. The van der Waals surface area contributed by atoms with E-state index in [2.05, 4.69) is 72.3 Å². The molecule has 21 nitrogen and oxygen atoms in total. The van der Waals surface area contributed by atoms with Crippen LogP contribution in [0.2, 0.25) is 15.1 Å². The molecule has 0 spiro atoms. The molecule has 73 heavy (non-hydrogen) atoms. The Bertz CT molecular complexity index is 2790. The number of pyridine rings is 3. The van der Waals surface area contributed by atoms with E-state index in [9.17, 15) is 27.6 Å². The van der Waals surface area contributed by atoms with Gasteiger partial charge in [-0.3, -0.25) is 44.6 Å². The second-order valence-electron chi connectivity index (χ2n) is 16.9. The minimum atomic E-state index is -4.72. The summed E-state index contributed by atoms with van der Waals surface area (Å²) in [6, 6.07) is 10.5.